The lowest BCUT2D eigenvalue weighted by molar-refractivity contribution is 0.171. The number of nitriles is 2. The number of aromatic nitrogens is 1. The van der Waals surface area contributed by atoms with Gasteiger partial charge in [0.2, 0.25) is 5.89 Å². The molecule has 0 fully saturated rings. The third kappa shape index (κ3) is 3.45. The van der Waals surface area contributed by atoms with Gasteiger partial charge in [-0.25, -0.2) is 4.98 Å². The summed E-state index contributed by atoms with van der Waals surface area (Å²) in [4.78, 5) is 4.51. The Morgan fingerprint density at radius 1 is 1.00 bits per heavy atom. The van der Waals surface area contributed by atoms with Gasteiger partial charge in [-0.3, -0.25) is 0 Å². The second kappa shape index (κ2) is 8.14. The number of ether oxygens (including phenoxy) is 3. The van der Waals surface area contributed by atoms with E-state index in [1.165, 1.54) is 0 Å². The average molecular weight is 444 g/mol. The smallest absolute Gasteiger partial charge is 0.228 e. The molecule has 3 aromatic carbocycles. The quantitative estimate of drug-likeness (QED) is 0.418. The number of oxazole rings is 1. The van der Waals surface area contributed by atoms with Crippen LogP contribution in [0.25, 0.3) is 33.7 Å². The number of hydrogen-bond donors (Lipinski definition) is 0. The predicted octanol–water partition coefficient (Wildman–Crippen LogP) is 5.36. The molecule has 0 unspecified atom stereocenters. The first kappa shape index (κ1) is 19.7. The van der Waals surface area contributed by atoms with E-state index in [2.05, 4.69) is 11.1 Å². The molecule has 8 heteroatoms. The zero-order valence-electron chi connectivity index (χ0n) is 16.6. The van der Waals surface area contributed by atoms with Crippen LogP contribution in [0.15, 0.2) is 52.9 Å². The van der Waals surface area contributed by atoms with Gasteiger partial charge in [0.15, 0.2) is 23.7 Å². The average Bonchev–Trinajstić information content (AvgIpc) is 3.24. The van der Waals surface area contributed by atoms with E-state index in [9.17, 15) is 5.26 Å². The maximum atomic E-state index is 9.97. The van der Waals surface area contributed by atoms with Gasteiger partial charge in [-0.15, -0.1) is 0 Å². The molecular formula is C24H14ClN3O4. The Morgan fingerprint density at radius 3 is 2.62 bits per heavy atom. The molecule has 2 heterocycles. The van der Waals surface area contributed by atoms with Crippen LogP contribution in [0.3, 0.4) is 0 Å². The summed E-state index contributed by atoms with van der Waals surface area (Å²) in [5, 5.41) is 19.0. The lowest BCUT2D eigenvalue weighted by Gasteiger charge is -2.19. The number of rotatable bonds is 4. The van der Waals surface area contributed by atoms with Gasteiger partial charge in [-0.1, -0.05) is 29.8 Å². The molecule has 0 saturated carbocycles. The molecule has 0 N–H and O–H groups in total. The first-order valence-corrected chi connectivity index (χ1v) is 10.1. The standard InChI is InChI=1S/C24H14ClN3O4/c25-18-11-19-22(12-21(18)29-7-6-26)32-24(28-19)16-3-1-2-15(17(16)13-27)14-4-5-20-23(10-14)31-9-8-30-20/h1-5,10-12H,7-9H2. The highest BCUT2D eigenvalue weighted by atomic mass is 35.5. The van der Waals surface area contributed by atoms with Gasteiger partial charge in [0, 0.05) is 11.6 Å². The van der Waals surface area contributed by atoms with Crippen molar-refractivity contribution in [2.75, 3.05) is 19.8 Å². The van der Waals surface area contributed by atoms with Crippen molar-refractivity contribution < 1.29 is 18.6 Å². The summed E-state index contributed by atoms with van der Waals surface area (Å²) in [5.41, 5.74) is 3.46. The Kier molecular flexibility index (Phi) is 5.03. The van der Waals surface area contributed by atoms with Gasteiger partial charge >= 0.3 is 0 Å². The van der Waals surface area contributed by atoms with Crippen molar-refractivity contribution in [2.45, 2.75) is 0 Å². The van der Waals surface area contributed by atoms with Crippen LogP contribution < -0.4 is 14.2 Å². The fourth-order valence-corrected chi connectivity index (χ4v) is 3.78. The zero-order valence-corrected chi connectivity index (χ0v) is 17.3. The number of fused-ring (bicyclic) bond motifs is 2. The zero-order chi connectivity index (χ0) is 22.1. The van der Waals surface area contributed by atoms with Crippen LogP contribution in [-0.2, 0) is 0 Å². The summed E-state index contributed by atoms with van der Waals surface area (Å²) < 4.78 is 22.5. The number of benzene rings is 3. The molecular weight excluding hydrogens is 430 g/mol. The Balaban J connectivity index is 1.60. The van der Waals surface area contributed by atoms with Gasteiger partial charge in [0.25, 0.3) is 0 Å². The van der Waals surface area contributed by atoms with Crippen LogP contribution in [0.1, 0.15) is 5.56 Å². The fourth-order valence-electron chi connectivity index (χ4n) is 3.57. The molecule has 0 bridgehead atoms. The van der Waals surface area contributed by atoms with Crippen LogP contribution in [0.5, 0.6) is 17.2 Å². The molecule has 156 valence electrons. The van der Waals surface area contributed by atoms with Crippen molar-refractivity contribution >= 4 is 22.7 Å². The minimum absolute atomic E-state index is 0.137. The van der Waals surface area contributed by atoms with E-state index in [1.54, 1.807) is 18.2 Å². The summed E-state index contributed by atoms with van der Waals surface area (Å²) in [6.07, 6.45) is 0. The minimum Gasteiger partial charge on any atom is -0.486 e. The maximum Gasteiger partial charge on any atom is 0.228 e. The third-order valence-electron chi connectivity index (χ3n) is 4.99. The summed E-state index contributed by atoms with van der Waals surface area (Å²) in [5.74, 6) is 1.93. The van der Waals surface area contributed by atoms with Crippen molar-refractivity contribution in [1.29, 1.82) is 10.5 Å². The molecule has 32 heavy (non-hydrogen) atoms. The lowest BCUT2D eigenvalue weighted by Crippen LogP contribution is -2.15. The van der Waals surface area contributed by atoms with Crippen LogP contribution in [0.4, 0.5) is 0 Å². The normalized spacial score (nSPS) is 12.2. The van der Waals surface area contributed by atoms with E-state index in [0.717, 1.165) is 11.1 Å². The number of halogens is 1. The first-order chi connectivity index (χ1) is 15.7. The van der Waals surface area contributed by atoms with E-state index < -0.39 is 0 Å². The summed E-state index contributed by atoms with van der Waals surface area (Å²) in [6, 6.07) is 18.4. The van der Waals surface area contributed by atoms with Crippen molar-refractivity contribution in [3.63, 3.8) is 0 Å². The van der Waals surface area contributed by atoms with Crippen molar-refractivity contribution in [1.82, 2.24) is 4.98 Å². The van der Waals surface area contributed by atoms with Gasteiger partial charge in [-0.05, 0) is 29.8 Å². The second-order valence-electron chi connectivity index (χ2n) is 6.91. The van der Waals surface area contributed by atoms with E-state index in [-0.39, 0.29) is 12.5 Å². The SMILES string of the molecule is N#CCOc1cc2oc(-c3cccc(-c4ccc5c(c4)OCCO5)c3C#N)nc2cc1Cl. The van der Waals surface area contributed by atoms with E-state index in [0.29, 0.717) is 57.7 Å². The lowest BCUT2D eigenvalue weighted by atomic mass is 9.95. The minimum atomic E-state index is -0.137. The van der Waals surface area contributed by atoms with E-state index in [4.69, 9.17) is 35.5 Å². The number of hydrogen-bond acceptors (Lipinski definition) is 7. The molecule has 4 aromatic rings. The van der Waals surface area contributed by atoms with Crippen LogP contribution in [0.2, 0.25) is 5.02 Å². The molecule has 7 nitrogen and oxygen atoms in total. The monoisotopic (exact) mass is 443 g/mol. The highest BCUT2D eigenvalue weighted by Crippen LogP contribution is 2.39. The van der Waals surface area contributed by atoms with Gasteiger partial charge in [0.1, 0.15) is 36.6 Å². The highest BCUT2D eigenvalue weighted by molar-refractivity contribution is 6.32. The maximum absolute atomic E-state index is 9.97. The first-order valence-electron chi connectivity index (χ1n) is 9.71. The molecule has 1 aliphatic rings. The molecule has 0 radical (unpaired) electrons. The Morgan fingerprint density at radius 2 is 1.81 bits per heavy atom. The summed E-state index contributed by atoms with van der Waals surface area (Å²) >= 11 is 6.23. The van der Waals surface area contributed by atoms with Crippen LogP contribution in [0, 0.1) is 22.7 Å². The van der Waals surface area contributed by atoms with Gasteiger partial charge in [0.05, 0.1) is 16.1 Å². The summed E-state index contributed by atoms with van der Waals surface area (Å²) in [6.45, 7) is 0.853. The largest absolute Gasteiger partial charge is 0.486 e. The van der Waals surface area contributed by atoms with Crippen molar-refractivity contribution in [3.05, 3.63) is 59.1 Å². The third-order valence-corrected chi connectivity index (χ3v) is 5.29. The Hall–Kier alpha value is -4.20. The molecule has 0 saturated heterocycles. The molecule has 0 aliphatic carbocycles. The predicted molar refractivity (Wildman–Crippen MR) is 117 cm³/mol. The Bertz CT molecular complexity index is 1430. The van der Waals surface area contributed by atoms with Crippen LogP contribution >= 0.6 is 11.6 Å². The van der Waals surface area contributed by atoms with Gasteiger partial charge < -0.3 is 18.6 Å². The van der Waals surface area contributed by atoms with Crippen LogP contribution in [-0.4, -0.2) is 24.8 Å². The molecule has 0 spiro atoms. The number of nitrogens with zero attached hydrogens (tertiary/aromatic N) is 3. The van der Waals surface area contributed by atoms with Crippen molar-refractivity contribution in [2.24, 2.45) is 0 Å². The van der Waals surface area contributed by atoms with Gasteiger partial charge in [-0.2, -0.15) is 10.5 Å². The topological polar surface area (TPSA) is 101 Å². The Labute approximate surface area is 187 Å². The fraction of sp³-hybridized carbons (Fsp3) is 0.125. The molecule has 1 aliphatic heterocycles. The molecule has 0 atom stereocenters. The van der Waals surface area contributed by atoms with E-state index >= 15 is 0 Å². The van der Waals surface area contributed by atoms with E-state index in [1.807, 2.05) is 36.4 Å². The van der Waals surface area contributed by atoms with Crippen molar-refractivity contribution in [3.8, 4) is 52.0 Å². The molecule has 0 amide bonds. The molecule has 5 rings (SSSR count). The molecule has 1 aromatic heterocycles. The highest BCUT2D eigenvalue weighted by Gasteiger charge is 2.19. The second-order valence-corrected chi connectivity index (χ2v) is 7.32. The summed E-state index contributed by atoms with van der Waals surface area (Å²) in [7, 11) is 0.